The lowest BCUT2D eigenvalue weighted by molar-refractivity contribution is -0.138. The predicted molar refractivity (Wildman–Crippen MR) is 90.3 cm³/mol. The summed E-state index contributed by atoms with van der Waals surface area (Å²) >= 11 is 0. The van der Waals surface area contributed by atoms with Crippen LogP contribution in [-0.4, -0.2) is 11.1 Å². The first kappa shape index (κ1) is 20.0. The first-order valence-corrected chi connectivity index (χ1v) is 8.86. The highest BCUT2D eigenvalue weighted by Gasteiger charge is 2.11. The average Bonchev–Trinajstić information content (AvgIpc) is 2.44. The van der Waals surface area contributed by atoms with Crippen molar-refractivity contribution in [3.05, 3.63) is 0 Å². The normalized spacial score (nSPS) is 12.0. The van der Waals surface area contributed by atoms with Crippen molar-refractivity contribution < 1.29 is 9.90 Å². The summed E-state index contributed by atoms with van der Waals surface area (Å²) in [5, 5.41) is 8.82. The lowest BCUT2D eigenvalue weighted by Gasteiger charge is -2.11. The summed E-state index contributed by atoms with van der Waals surface area (Å²) in [5.41, 5.74) is 0. The summed E-state index contributed by atoms with van der Waals surface area (Å²) in [6.07, 6.45) is 21.7. The van der Waals surface area contributed by atoms with E-state index in [1.54, 1.807) is 0 Å². The van der Waals surface area contributed by atoms with Crippen molar-refractivity contribution in [2.45, 2.75) is 96.8 Å². The summed E-state index contributed by atoms with van der Waals surface area (Å²) in [7, 11) is 0. The maximum Gasteiger partial charge on any atom is 0.303 e. The minimum Gasteiger partial charge on any atom is -0.481 e. The van der Waals surface area contributed by atoms with Crippen molar-refractivity contribution >= 4 is 5.97 Å². The number of aliphatic carboxylic acids is 1. The molecule has 0 amide bonds. The zero-order valence-corrected chi connectivity index (χ0v) is 13.9. The Morgan fingerprint density at radius 1 is 0.952 bits per heavy atom. The smallest absolute Gasteiger partial charge is 0.303 e. The Bertz CT molecular complexity index is 278. The van der Waals surface area contributed by atoms with Gasteiger partial charge in [0.2, 0.25) is 0 Å². The van der Waals surface area contributed by atoms with E-state index in [1.807, 2.05) is 0 Å². The molecule has 0 saturated heterocycles. The number of terminal acetylenes is 1. The van der Waals surface area contributed by atoms with Gasteiger partial charge in [-0.1, -0.05) is 77.6 Å². The summed E-state index contributed by atoms with van der Waals surface area (Å²) in [6, 6.07) is 0. The molecule has 1 unspecified atom stereocenters. The van der Waals surface area contributed by atoms with Gasteiger partial charge >= 0.3 is 5.97 Å². The molecule has 0 aliphatic rings. The highest BCUT2D eigenvalue weighted by Crippen LogP contribution is 2.18. The van der Waals surface area contributed by atoms with Gasteiger partial charge in [-0.25, -0.2) is 0 Å². The number of unbranched alkanes of at least 4 members (excludes halogenated alkanes) is 10. The zero-order chi connectivity index (χ0) is 15.8. The highest BCUT2D eigenvalue weighted by atomic mass is 16.4. The molecule has 21 heavy (non-hydrogen) atoms. The molecule has 0 aromatic heterocycles. The summed E-state index contributed by atoms with van der Waals surface area (Å²) in [6.45, 7) is 2.25. The van der Waals surface area contributed by atoms with E-state index < -0.39 is 5.97 Å². The summed E-state index contributed by atoms with van der Waals surface area (Å²) < 4.78 is 0. The molecule has 0 radical (unpaired) electrons. The van der Waals surface area contributed by atoms with E-state index >= 15 is 0 Å². The van der Waals surface area contributed by atoms with Crippen LogP contribution in [0, 0.1) is 18.3 Å². The van der Waals surface area contributed by atoms with Crippen molar-refractivity contribution in [1.82, 2.24) is 0 Å². The maximum atomic E-state index is 10.7. The number of rotatable bonds is 15. The minimum absolute atomic E-state index is 0.172. The Balaban J connectivity index is 3.33. The lowest BCUT2D eigenvalue weighted by atomic mass is 9.94. The second-order valence-corrected chi connectivity index (χ2v) is 6.20. The molecule has 0 rings (SSSR count). The van der Waals surface area contributed by atoms with Crippen LogP contribution in [0.25, 0.3) is 0 Å². The van der Waals surface area contributed by atoms with Gasteiger partial charge in [0.1, 0.15) is 0 Å². The monoisotopic (exact) mass is 294 g/mol. The number of hydrogen-bond acceptors (Lipinski definition) is 1. The van der Waals surface area contributed by atoms with E-state index in [1.165, 1.54) is 64.2 Å². The third-order valence-electron chi connectivity index (χ3n) is 4.09. The van der Waals surface area contributed by atoms with Crippen LogP contribution >= 0.6 is 0 Å². The molecular formula is C19H34O2. The van der Waals surface area contributed by atoms with Crippen molar-refractivity contribution in [2.75, 3.05) is 0 Å². The van der Waals surface area contributed by atoms with Gasteiger partial charge < -0.3 is 5.11 Å². The van der Waals surface area contributed by atoms with Crippen LogP contribution in [0.15, 0.2) is 0 Å². The maximum absolute atomic E-state index is 10.7. The molecule has 0 heterocycles. The number of carboxylic acid groups (broad SMARTS) is 1. The van der Waals surface area contributed by atoms with Crippen LogP contribution in [0.4, 0.5) is 0 Å². The molecule has 2 heteroatoms. The highest BCUT2D eigenvalue weighted by molar-refractivity contribution is 5.67. The van der Waals surface area contributed by atoms with Gasteiger partial charge in [0.15, 0.2) is 0 Å². The fourth-order valence-corrected chi connectivity index (χ4v) is 2.79. The molecule has 0 bridgehead atoms. The molecule has 0 aromatic rings. The van der Waals surface area contributed by atoms with Crippen molar-refractivity contribution in [2.24, 2.45) is 5.92 Å². The second-order valence-electron chi connectivity index (χ2n) is 6.20. The second kappa shape index (κ2) is 15.4. The molecular weight excluding hydrogens is 260 g/mol. The van der Waals surface area contributed by atoms with Crippen LogP contribution in [0.3, 0.4) is 0 Å². The van der Waals surface area contributed by atoms with E-state index in [0.717, 1.165) is 12.8 Å². The van der Waals surface area contributed by atoms with Crippen LogP contribution in [0.1, 0.15) is 96.8 Å². The first-order chi connectivity index (χ1) is 10.2. The van der Waals surface area contributed by atoms with Gasteiger partial charge in [-0.15, -0.1) is 12.3 Å². The fourth-order valence-electron chi connectivity index (χ4n) is 2.79. The van der Waals surface area contributed by atoms with Crippen LogP contribution in [-0.2, 0) is 4.79 Å². The first-order valence-electron chi connectivity index (χ1n) is 8.86. The topological polar surface area (TPSA) is 37.3 Å². The van der Waals surface area contributed by atoms with Gasteiger partial charge in [-0.05, 0) is 12.3 Å². The van der Waals surface area contributed by atoms with Crippen molar-refractivity contribution in [1.29, 1.82) is 0 Å². The predicted octanol–water partition coefficient (Wildman–Crippen LogP) is 5.80. The molecule has 0 spiro atoms. The van der Waals surface area contributed by atoms with Crippen LogP contribution < -0.4 is 0 Å². The largest absolute Gasteiger partial charge is 0.481 e. The molecule has 0 aliphatic carbocycles. The fraction of sp³-hybridized carbons (Fsp3) is 0.842. The van der Waals surface area contributed by atoms with Crippen LogP contribution in [0.5, 0.6) is 0 Å². The van der Waals surface area contributed by atoms with E-state index in [4.69, 9.17) is 11.5 Å². The quantitative estimate of drug-likeness (QED) is 0.306. The van der Waals surface area contributed by atoms with Gasteiger partial charge in [-0.2, -0.15) is 0 Å². The van der Waals surface area contributed by atoms with E-state index in [9.17, 15) is 4.79 Å². The minimum atomic E-state index is -0.724. The Kier molecular flexibility index (Phi) is 14.7. The molecule has 0 aliphatic heterocycles. The molecule has 122 valence electrons. The SMILES string of the molecule is C#CCC(CCCCCCCCCCCCC)CC(=O)O. The molecule has 0 saturated carbocycles. The third-order valence-corrected chi connectivity index (χ3v) is 4.09. The van der Waals surface area contributed by atoms with Gasteiger partial charge in [0, 0.05) is 12.8 Å². The van der Waals surface area contributed by atoms with Gasteiger partial charge in [0.25, 0.3) is 0 Å². The molecule has 1 atom stereocenters. The van der Waals surface area contributed by atoms with Gasteiger partial charge in [0.05, 0.1) is 0 Å². The van der Waals surface area contributed by atoms with Crippen molar-refractivity contribution in [3.8, 4) is 12.3 Å². The standard InChI is InChI=1S/C19H34O2/c1-3-5-6-7-8-9-10-11-12-13-14-16-18(15-4-2)17-19(20)21/h2,18H,3,5-17H2,1H3,(H,20,21). The van der Waals surface area contributed by atoms with Gasteiger partial charge in [-0.3, -0.25) is 4.79 Å². The molecule has 2 nitrogen and oxygen atoms in total. The Hall–Kier alpha value is -0.970. The Labute approximate surface area is 131 Å². The molecule has 0 aromatic carbocycles. The lowest BCUT2D eigenvalue weighted by Crippen LogP contribution is -2.07. The van der Waals surface area contributed by atoms with Crippen molar-refractivity contribution in [3.63, 3.8) is 0 Å². The van der Waals surface area contributed by atoms with E-state index in [0.29, 0.717) is 6.42 Å². The van der Waals surface area contributed by atoms with Crippen LogP contribution in [0.2, 0.25) is 0 Å². The molecule has 0 fully saturated rings. The summed E-state index contributed by atoms with van der Waals surface area (Å²) in [4.78, 5) is 10.7. The third kappa shape index (κ3) is 15.2. The zero-order valence-electron chi connectivity index (χ0n) is 13.9. The number of hydrogen-bond donors (Lipinski definition) is 1. The Morgan fingerprint density at radius 2 is 1.43 bits per heavy atom. The Morgan fingerprint density at radius 3 is 1.86 bits per heavy atom. The number of carboxylic acids is 1. The summed E-state index contributed by atoms with van der Waals surface area (Å²) in [5.74, 6) is 2.05. The molecule has 1 N–H and O–H groups in total. The van der Waals surface area contributed by atoms with E-state index in [2.05, 4.69) is 12.8 Å². The number of carbonyl (C=O) groups is 1. The average molecular weight is 294 g/mol. The van der Waals surface area contributed by atoms with E-state index in [-0.39, 0.29) is 12.3 Å².